The van der Waals surface area contributed by atoms with Crippen LogP contribution in [-0.4, -0.2) is 43.6 Å². The second-order valence-corrected chi connectivity index (χ2v) is 5.92. The van der Waals surface area contributed by atoms with Gasteiger partial charge in [0, 0.05) is 18.8 Å². The van der Waals surface area contributed by atoms with Crippen LogP contribution in [0.5, 0.6) is 0 Å². The number of likely N-dealkylation sites (N-methyl/N-ethyl adjacent to an activating group) is 1. The van der Waals surface area contributed by atoms with Gasteiger partial charge in [-0.25, -0.2) is 4.79 Å². The second-order valence-electron chi connectivity index (χ2n) is 5.92. The topological polar surface area (TPSA) is 53.0 Å². The fourth-order valence-electron chi connectivity index (χ4n) is 3.08. The van der Waals surface area contributed by atoms with Gasteiger partial charge in [0.25, 0.3) is 0 Å². The molecule has 1 amide bonds. The Labute approximate surface area is 124 Å². The van der Waals surface area contributed by atoms with Crippen molar-refractivity contribution in [2.24, 2.45) is 4.99 Å². The van der Waals surface area contributed by atoms with Gasteiger partial charge in [0.1, 0.15) is 0 Å². The van der Waals surface area contributed by atoms with Crippen LogP contribution >= 0.6 is 0 Å². The summed E-state index contributed by atoms with van der Waals surface area (Å²) < 4.78 is 0. The Hall–Kier alpha value is -1.97. The predicted octanol–water partition coefficient (Wildman–Crippen LogP) is 1.68. The number of aliphatic imine (C=N–C) groups is 1. The lowest BCUT2D eigenvalue weighted by Crippen LogP contribution is -2.48. The number of isocyanates is 1. The molecule has 21 heavy (non-hydrogen) atoms. The average molecular weight is 285 g/mol. The SMILES string of the molecule is CN1CCN(c2ccc(C3(N=C=O)CCC3)cc2)C(=O)C1. The number of carbonyl (C=O) groups excluding carboxylic acids is 2. The Morgan fingerprint density at radius 2 is 1.90 bits per heavy atom. The van der Waals surface area contributed by atoms with Gasteiger partial charge in [-0.2, -0.15) is 4.99 Å². The van der Waals surface area contributed by atoms with Crippen LogP contribution < -0.4 is 4.90 Å². The fourth-order valence-corrected chi connectivity index (χ4v) is 3.08. The minimum Gasteiger partial charge on any atom is -0.310 e. The normalized spacial score (nSPS) is 21.6. The minimum absolute atomic E-state index is 0.126. The fraction of sp³-hybridized carbons (Fsp3) is 0.500. The average Bonchev–Trinajstić information content (AvgIpc) is 2.43. The smallest absolute Gasteiger partial charge is 0.241 e. The highest BCUT2D eigenvalue weighted by molar-refractivity contribution is 5.95. The van der Waals surface area contributed by atoms with Crippen molar-refractivity contribution in [3.05, 3.63) is 29.8 Å². The molecule has 0 atom stereocenters. The lowest BCUT2D eigenvalue weighted by Gasteiger charge is -2.37. The monoisotopic (exact) mass is 285 g/mol. The number of hydrogen-bond acceptors (Lipinski definition) is 4. The van der Waals surface area contributed by atoms with Crippen LogP contribution in [0.4, 0.5) is 5.69 Å². The van der Waals surface area contributed by atoms with Gasteiger partial charge in [-0.15, -0.1) is 0 Å². The van der Waals surface area contributed by atoms with E-state index in [-0.39, 0.29) is 11.4 Å². The van der Waals surface area contributed by atoms with E-state index >= 15 is 0 Å². The van der Waals surface area contributed by atoms with E-state index < -0.39 is 0 Å². The molecule has 1 heterocycles. The van der Waals surface area contributed by atoms with Gasteiger partial charge in [-0.1, -0.05) is 12.1 Å². The molecule has 1 aliphatic carbocycles. The van der Waals surface area contributed by atoms with E-state index in [0.717, 1.165) is 37.1 Å². The number of piperazine rings is 1. The van der Waals surface area contributed by atoms with E-state index in [9.17, 15) is 9.59 Å². The third-order valence-electron chi connectivity index (χ3n) is 4.57. The summed E-state index contributed by atoms with van der Waals surface area (Å²) in [6.07, 6.45) is 4.59. The summed E-state index contributed by atoms with van der Waals surface area (Å²) in [7, 11) is 1.95. The molecule has 2 aliphatic rings. The molecule has 1 saturated carbocycles. The highest BCUT2D eigenvalue weighted by atomic mass is 16.2. The summed E-state index contributed by atoms with van der Waals surface area (Å²) in [5, 5.41) is 0. The standard InChI is InChI=1S/C16H19N3O2/c1-18-9-10-19(15(21)11-18)14-5-3-13(4-6-14)16(17-12-20)7-2-8-16/h3-6H,2,7-11H2,1H3. The molecule has 0 unspecified atom stereocenters. The number of amides is 1. The molecule has 110 valence electrons. The molecule has 2 fully saturated rings. The molecule has 0 radical (unpaired) electrons. The van der Waals surface area contributed by atoms with Crippen molar-refractivity contribution in [1.82, 2.24) is 4.90 Å². The van der Waals surface area contributed by atoms with Crippen LogP contribution in [0.25, 0.3) is 0 Å². The maximum Gasteiger partial charge on any atom is 0.241 e. The van der Waals surface area contributed by atoms with E-state index in [2.05, 4.69) is 4.99 Å². The number of rotatable bonds is 3. The van der Waals surface area contributed by atoms with Gasteiger partial charge < -0.3 is 4.90 Å². The Kier molecular flexibility index (Phi) is 3.62. The van der Waals surface area contributed by atoms with Crippen LogP contribution in [0.15, 0.2) is 29.3 Å². The summed E-state index contributed by atoms with van der Waals surface area (Å²) >= 11 is 0. The van der Waals surface area contributed by atoms with Crippen molar-refractivity contribution in [3.63, 3.8) is 0 Å². The van der Waals surface area contributed by atoms with Gasteiger partial charge >= 0.3 is 0 Å². The second kappa shape index (κ2) is 5.43. The largest absolute Gasteiger partial charge is 0.310 e. The molecule has 3 rings (SSSR count). The van der Waals surface area contributed by atoms with Crippen molar-refractivity contribution in [3.8, 4) is 0 Å². The number of benzene rings is 1. The molecule has 1 aliphatic heterocycles. The first-order valence-electron chi connectivity index (χ1n) is 7.33. The first-order valence-corrected chi connectivity index (χ1v) is 7.33. The number of nitrogens with zero attached hydrogens (tertiary/aromatic N) is 3. The maximum atomic E-state index is 12.1. The van der Waals surface area contributed by atoms with Gasteiger partial charge in [0.05, 0.1) is 12.1 Å². The molecule has 1 aromatic carbocycles. The number of carbonyl (C=O) groups is 1. The molecule has 5 nitrogen and oxygen atoms in total. The third kappa shape index (κ3) is 2.50. The molecule has 0 bridgehead atoms. The summed E-state index contributed by atoms with van der Waals surface area (Å²) in [5.74, 6) is 0.126. The minimum atomic E-state index is -0.369. The van der Waals surface area contributed by atoms with Gasteiger partial charge in [0.15, 0.2) is 0 Å². The molecule has 5 heteroatoms. The number of anilines is 1. The van der Waals surface area contributed by atoms with E-state index in [1.165, 1.54) is 0 Å². The summed E-state index contributed by atoms with van der Waals surface area (Å²) in [4.78, 5) is 30.5. The van der Waals surface area contributed by atoms with E-state index in [0.29, 0.717) is 13.1 Å². The molecular weight excluding hydrogens is 266 g/mol. The molecule has 0 aromatic heterocycles. The Morgan fingerprint density at radius 1 is 1.19 bits per heavy atom. The predicted molar refractivity (Wildman–Crippen MR) is 79.9 cm³/mol. The van der Waals surface area contributed by atoms with Crippen molar-refractivity contribution >= 4 is 17.7 Å². The van der Waals surface area contributed by atoms with Gasteiger partial charge in [-0.05, 0) is 44.0 Å². The highest BCUT2D eigenvalue weighted by Gasteiger charge is 2.38. The Bertz CT molecular complexity index is 586. The maximum absolute atomic E-state index is 12.1. The molecule has 0 spiro atoms. The van der Waals surface area contributed by atoms with Crippen LogP contribution in [0.1, 0.15) is 24.8 Å². The van der Waals surface area contributed by atoms with Crippen molar-refractivity contribution in [2.45, 2.75) is 24.8 Å². The van der Waals surface area contributed by atoms with Crippen LogP contribution in [0.3, 0.4) is 0 Å². The molecule has 0 N–H and O–H groups in total. The molecule has 1 saturated heterocycles. The van der Waals surface area contributed by atoms with E-state index in [4.69, 9.17) is 0 Å². The van der Waals surface area contributed by atoms with Crippen LogP contribution in [-0.2, 0) is 15.1 Å². The van der Waals surface area contributed by atoms with Gasteiger partial charge in [-0.3, -0.25) is 9.69 Å². The Morgan fingerprint density at radius 3 is 2.43 bits per heavy atom. The van der Waals surface area contributed by atoms with Gasteiger partial charge in [0.2, 0.25) is 12.0 Å². The van der Waals surface area contributed by atoms with Crippen molar-refractivity contribution in [1.29, 1.82) is 0 Å². The summed E-state index contributed by atoms with van der Waals surface area (Å²) in [5.41, 5.74) is 1.59. The third-order valence-corrected chi connectivity index (χ3v) is 4.57. The molecule has 1 aromatic rings. The zero-order valence-corrected chi connectivity index (χ0v) is 12.2. The highest BCUT2D eigenvalue weighted by Crippen LogP contribution is 2.44. The summed E-state index contributed by atoms with van der Waals surface area (Å²) in [6, 6.07) is 7.89. The first kappa shape index (κ1) is 14.0. The van der Waals surface area contributed by atoms with Crippen LogP contribution in [0.2, 0.25) is 0 Å². The Balaban J connectivity index is 1.81. The number of hydrogen-bond donors (Lipinski definition) is 0. The lowest BCUT2D eigenvalue weighted by molar-refractivity contribution is -0.120. The zero-order valence-electron chi connectivity index (χ0n) is 12.2. The summed E-state index contributed by atoms with van der Waals surface area (Å²) in [6.45, 7) is 2.06. The van der Waals surface area contributed by atoms with Crippen molar-refractivity contribution < 1.29 is 9.59 Å². The quantitative estimate of drug-likeness (QED) is 0.627. The van der Waals surface area contributed by atoms with E-state index in [1.54, 1.807) is 6.08 Å². The lowest BCUT2D eigenvalue weighted by atomic mass is 9.72. The first-order chi connectivity index (χ1) is 10.1. The van der Waals surface area contributed by atoms with Crippen LogP contribution in [0, 0.1) is 0 Å². The van der Waals surface area contributed by atoms with E-state index in [1.807, 2.05) is 41.1 Å². The van der Waals surface area contributed by atoms with Crippen molar-refractivity contribution in [2.75, 3.05) is 31.6 Å². The zero-order chi connectivity index (χ0) is 14.9. The molecular formula is C16H19N3O2.